The van der Waals surface area contributed by atoms with Crippen molar-refractivity contribution in [2.75, 3.05) is 20.3 Å². The summed E-state index contributed by atoms with van der Waals surface area (Å²) in [6.45, 7) is 7.86. The first-order valence-electron chi connectivity index (χ1n) is 5.49. The number of nitrogens with zero attached hydrogens (tertiary/aromatic N) is 1. The van der Waals surface area contributed by atoms with E-state index in [1.807, 2.05) is 0 Å². The summed E-state index contributed by atoms with van der Waals surface area (Å²) in [5, 5.41) is 8.62. The molecule has 0 aromatic carbocycles. The van der Waals surface area contributed by atoms with Crippen molar-refractivity contribution >= 4 is 5.97 Å². The van der Waals surface area contributed by atoms with Crippen LogP contribution in [-0.2, 0) is 9.53 Å². The molecule has 0 aromatic rings. The summed E-state index contributed by atoms with van der Waals surface area (Å²) in [4.78, 5) is 12.7. The van der Waals surface area contributed by atoms with E-state index in [1.54, 1.807) is 7.11 Å². The number of hydrogen-bond donors (Lipinski definition) is 1. The standard InChI is InChI=1S/C11H23NO3/c1-5-12(10(3)8-15-4)9(2)6-7-11(13)14/h9-10H,5-8H2,1-4H3,(H,13,14). The smallest absolute Gasteiger partial charge is 0.303 e. The molecule has 0 saturated heterocycles. The van der Waals surface area contributed by atoms with Gasteiger partial charge in [-0.05, 0) is 26.8 Å². The lowest BCUT2D eigenvalue weighted by Gasteiger charge is -2.33. The molecule has 4 heteroatoms. The number of likely N-dealkylation sites (N-methyl/N-ethyl adjacent to an activating group) is 1. The Hall–Kier alpha value is -0.610. The molecule has 0 saturated carbocycles. The summed E-state index contributed by atoms with van der Waals surface area (Å²) in [5.41, 5.74) is 0. The first-order chi connectivity index (χ1) is 7.02. The van der Waals surface area contributed by atoms with Crippen LogP contribution in [-0.4, -0.2) is 48.3 Å². The van der Waals surface area contributed by atoms with Crippen molar-refractivity contribution in [3.63, 3.8) is 0 Å². The van der Waals surface area contributed by atoms with Gasteiger partial charge in [0.2, 0.25) is 0 Å². The van der Waals surface area contributed by atoms with E-state index in [0.29, 0.717) is 19.1 Å². The van der Waals surface area contributed by atoms with E-state index < -0.39 is 5.97 Å². The third-order valence-electron chi connectivity index (χ3n) is 2.68. The zero-order valence-corrected chi connectivity index (χ0v) is 10.2. The summed E-state index contributed by atoms with van der Waals surface area (Å²) in [7, 11) is 1.69. The van der Waals surface area contributed by atoms with Gasteiger partial charge in [0, 0.05) is 25.6 Å². The molecule has 0 aliphatic heterocycles. The molecule has 0 fully saturated rings. The average Bonchev–Trinajstić information content (AvgIpc) is 2.16. The maximum atomic E-state index is 10.5. The van der Waals surface area contributed by atoms with Gasteiger partial charge in [0.15, 0.2) is 0 Å². The molecular weight excluding hydrogens is 194 g/mol. The minimum absolute atomic E-state index is 0.234. The average molecular weight is 217 g/mol. The zero-order chi connectivity index (χ0) is 11.8. The number of carboxylic acid groups (broad SMARTS) is 1. The maximum absolute atomic E-state index is 10.5. The van der Waals surface area contributed by atoms with Gasteiger partial charge in [-0.15, -0.1) is 0 Å². The van der Waals surface area contributed by atoms with Gasteiger partial charge in [-0.3, -0.25) is 9.69 Å². The number of rotatable bonds is 8. The number of aliphatic carboxylic acids is 1. The number of carboxylic acids is 1. The highest BCUT2D eigenvalue weighted by atomic mass is 16.5. The Bertz CT molecular complexity index is 185. The van der Waals surface area contributed by atoms with Crippen molar-refractivity contribution in [2.45, 2.75) is 45.7 Å². The Labute approximate surface area is 92.2 Å². The Kier molecular flexibility index (Phi) is 7.34. The van der Waals surface area contributed by atoms with Crippen molar-refractivity contribution in [3.8, 4) is 0 Å². The summed E-state index contributed by atoms with van der Waals surface area (Å²) in [6.07, 6.45) is 0.925. The van der Waals surface area contributed by atoms with E-state index in [2.05, 4.69) is 25.7 Å². The van der Waals surface area contributed by atoms with Crippen LogP contribution in [0.25, 0.3) is 0 Å². The van der Waals surface area contributed by atoms with E-state index in [9.17, 15) is 4.79 Å². The molecule has 0 radical (unpaired) electrons. The van der Waals surface area contributed by atoms with E-state index in [1.165, 1.54) is 0 Å². The van der Waals surface area contributed by atoms with Gasteiger partial charge in [-0.1, -0.05) is 6.92 Å². The van der Waals surface area contributed by atoms with Crippen LogP contribution in [0.15, 0.2) is 0 Å². The predicted octanol–water partition coefficient (Wildman–Crippen LogP) is 1.60. The van der Waals surface area contributed by atoms with Gasteiger partial charge < -0.3 is 9.84 Å². The monoisotopic (exact) mass is 217 g/mol. The molecule has 0 aliphatic carbocycles. The van der Waals surface area contributed by atoms with Gasteiger partial charge in [0.05, 0.1) is 6.61 Å². The summed E-state index contributed by atoms with van der Waals surface area (Å²) in [6, 6.07) is 0.625. The molecule has 90 valence electrons. The van der Waals surface area contributed by atoms with Crippen LogP contribution in [0.5, 0.6) is 0 Å². The highest BCUT2D eigenvalue weighted by Crippen LogP contribution is 2.10. The van der Waals surface area contributed by atoms with E-state index >= 15 is 0 Å². The molecule has 0 spiro atoms. The Morgan fingerprint density at radius 1 is 1.40 bits per heavy atom. The molecule has 0 amide bonds. The largest absolute Gasteiger partial charge is 0.481 e. The lowest BCUT2D eigenvalue weighted by atomic mass is 10.1. The van der Waals surface area contributed by atoms with Crippen LogP contribution in [0.2, 0.25) is 0 Å². The molecule has 0 rings (SSSR count). The molecular formula is C11H23NO3. The third-order valence-corrected chi connectivity index (χ3v) is 2.68. The lowest BCUT2D eigenvalue weighted by Crippen LogP contribution is -2.42. The van der Waals surface area contributed by atoms with E-state index in [4.69, 9.17) is 9.84 Å². The summed E-state index contributed by atoms with van der Waals surface area (Å²) >= 11 is 0. The maximum Gasteiger partial charge on any atom is 0.303 e. The quantitative estimate of drug-likeness (QED) is 0.671. The van der Waals surface area contributed by atoms with Crippen LogP contribution in [0.4, 0.5) is 0 Å². The number of methoxy groups -OCH3 is 1. The van der Waals surface area contributed by atoms with Crippen LogP contribution in [0.1, 0.15) is 33.6 Å². The highest BCUT2D eigenvalue weighted by molar-refractivity contribution is 5.66. The number of ether oxygens (including phenoxy) is 1. The van der Waals surface area contributed by atoms with Crippen molar-refractivity contribution < 1.29 is 14.6 Å². The molecule has 0 aliphatic rings. The molecule has 2 unspecified atom stereocenters. The van der Waals surface area contributed by atoms with Crippen LogP contribution < -0.4 is 0 Å². The second kappa shape index (κ2) is 7.65. The minimum atomic E-state index is -0.725. The SMILES string of the molecule is CCN(C(C)CCC(=O)O)C(C)COC. The van der Waals surface area contributed by atoms with Crippen molar-refractivity contribution in [1.82, 2.24) is 4.90 Å². The van der Waals surface area contributed by atoms with E-state index in [0.717, 1.165) is 6.54 Å². The molecule has 0 heterocycles. The molecule has 15 heavy (non-hydrogen) atoms. The minimum Gasteiger partial charge on any atom is -0.481 e. The van der Waals surface area contributed by atoms with Crippen molar-refractivity contribution in [2.24, 2.45) is 0 Å². The second-order valence-electron chi connectivity index (χ2n) is 3.92. The highest BCUT2D eigenvalue weighted by Gasteiger charge is 2.18. The molecule has 0 bridgehead atoms. The van der Waals surface area contributed by atoms with Crippen LogP contribution in [0, 0.1) is 0 Å². The fraction of sp³-hybridized carbons (Fsp3) is 0.909. The first-order valence-corrected chi connectivity index (χ1v) is 5.49. The van der Waals surface area contributed by atoms with Crippen molar-refractivity contribution in [1.29, 1.82) is 0 Å². The molecule has 2 atom stereocenters. The Morgan fingerprint density at radius 3 is 2.40 bits per heavy atom. The summed E-state index contributed by atoms with van der Waals surface area (Å²) in [5.74, 6) is -0.725. The van der Waals surface area contributed by atoms with Gasteiger partial charge >= 0.3 is 5.97 Å². The molecule has 0 aromatic heterocycles. The van der Waals surface area contributed by atoms with Crippen LogP contribution >= 0.6 is 0 Å². The fourth-order valence-electron chi connectivity index (χ4n) is 1.89. The normalized spacial score (nSPS) is 15.3. The lowest BCUT2D eigenvalue weighted by molar-refractivity contribution is -0.137. The Morgan fingerprint density at radius 2 is 2.00 bits per heavy atom. The fourth-order valence-corrected chi connectivity index (χ4v) is 1.89. The summed E-state index contributed by atoms with van der Waals surface area (Å²) < 4.78 is 5.10. The van der Waals surface area contributed by atoms with Gasteiger partial charge in [-0.2, -0.15) is 0 Å². The van der Waals surface area contributed by atoms with Crippen molar-refractivity contribution in [3.05, 3.63) is 0 Å². The van der Waals surface area contributed by atoms with Crippen LogP contribution in [0.3, 0.4) is 0 Å². The topological polar surface area (TPSA) is 49.8 Å². The molecule has 1 N–H and O–H groups in total. The third kappa shape index (κ3) is 5.74. The second-order valence-corrected chi connectivity index (χ2v) is 3.92. The van der Waals surface area contributed by atoms with E-state index in [-0.39, 0.29) is 12.5 Å². The van der Waals surface area contributed by atoms with Gasteiger partial charge in [0.1, 0.15) is 0 Å². The zero-order valence-electron chi connectivity index (χ0n) is 10.2. The predicted molar refractivity (Wildman–Crippen MR) is 60.0 cm³/mol. The van der Waals surface area contributed by atoms with Gasteiger partial charge in [-0.25, -0.2) is 0 Å². The Balaban J connectivity index is 4.08. The number of hydrogen-bond acceptors (Lipinski definition) is 3. The van der Waals surface area contributed by atoms with Gasteiger partial charge in [0.25, 0.3) is 0 Å². The first kappa shape index (κ1) is 14.4. The molecule has 4 nitrogen and oxygen atoms in total. The number of carbonyl (C=O) groups is 1.